The SMILES string of the molecule is Cc1cncc(NC(=O)c2ccc(F)c(-c3c(F)cccc3F)c2F)c1N1C[C@H](C)C[C@H](NC(=O)O)C1. The molecule has 194 valence electrons. The quantitative estimate of drug-likeness (QED) is 0.398. The molecule has 0 radical (unpaired) electrons. The largest absolute Gasteiger partial charge is 0.465 e. The van der Waals surface area contributed by atoms with E-state index < -0.39 is 52.0 Å². The van der Waals surface area contributed by atoms with Crippen molar-refractivity contribution in [2.75, 3.05) is 23.3 Å². The highest BCUT2D eigenvalue weighted by molar-refractivity contribution is 6.07. The third kappa shape index (κ3) is 5.35. The van der Waals surface area contributed by atoms with Gasteiger partial charge < -0.3 is 20.6 Å². The summed E-state index contributed by atoms with van der Waals surface area (Å²) >= 11 is 0. The zero-order valence-electron chi connectivity index (χ0n) is 20.0. The Kier molecular flexibility index (Phi) is 7.33. The molecule has 1 fully saturated rings. The molecule has 0 aliphatic carbocycles. The summed E-state index contributed by atoms with van der Waals surface area (Å²) in [6.07, 6.45) is 2.41. The first-order chi connectivity index (χ1) is 17.6. The molecule has 4 rings (SSSR count). The molecule has 1 saturated heterocycles. The van der Waals surface area contributed by atoms with Crippen LogP contribution in [0.1, 0.15) is 29.3 Å². The average Bonchev–Trinajstić information content (AvgIpc) is 2.80. The first-order valence-electron chi connectivity index (χ1n) is 11.5. The summed E-state index contributed by atoms with van der Waals surface area (Å²) in [6, 6.07) is 4.08. The van der Waals surface area contributed by atoms with Crippen LogP contribution in [0, 0.1) is 36.1 Å². The van der Waals surface area contributed by atoms with Crippen LogP contribution in [-0.2, 0) is 0 Å². The van der Waals surface area contributed by atoms with Gasteiger partial charge >= 0.3 is 6.09 Å². The number of aryl methyl sites for hydroxylation is 1. The average molecular weight is 516 g/mol. The van der Waals surface area contributed by atoms with Gasteiger partial charge in [-0.2, -0.15) is 0 Å². The van der Waals surface area contributed by atoms with E-state index in [0.29, 0.717) is 30.8 Å². The minimum atomic E-state index is -1.42. The van der Waals surface area contributed by atoms with Gasteiger partial charge in [0.15, 0.2) is 0 Å². The monoisotopic (exact) mass is 516 g/mol. The van der Waals surface area contributed by atoms with Gasteiger partial charge in [0.25, 0.3) is 5.91 Å². The number of carbonyl (C=O) groups is 2. The van der Waals surface area contributed by atoms with E-state index in [0.717, 1.165) is 30.3 Å². The summed E-state index contributed by atoms with van der Waals surface area (Å²) in [7, 11) is 0. The molecule has 3 N–H and O–H groups in total. The Hall–Kier alpha value is -4.15. The summed E-state index contributed by atoms with van der Waals surface area (Å²) in [4.78, 5) is 30.3. The van der Waals surface area contributed by atoms with Gasteiger partial charge in [-0.3, -0.25) is 9.78 Å². The van der Waals surface area contributed by atoms with Crippen molar-refractivity contribution >= 4 is 23.4 Å². The minimum Gasteiger partial charge on any atom is -0.465 e. The lowest BCUT2D eigenvalue weighted by molar-refractivity contribution is 0.102. The van der Waals surface area contributed by atoms with E-state index in [4.69, 9.17) is 5.11 Å². The Morgan fingerprint density at radius 3 is 2.35 bits per heavy atom. The number of rotatable bonds is 5. The summed E-state index contributed by atoms with van der Waals surface area (Å²) < 4.78 is 58.5. The number of halogens is 4. The molecule has 7 nitrogen and oxygen atoms in total. The zero-order chi connectivity index (χ0) is 26.9. The van der Waals surface area contributed by atoms with Crippen molar-refractivity contribution in [3.8, 4) is 11.1 Å². The van der Waals surface area contributed by atoms with E-state index in [1.165, 1.54) is 6.20 Å². The number of pyridine rings is 1. The number of anilines is 2. The number of amides is 2. The molecular weight excluding hydrogens is 492 g/mol. The van der Waals surface area contributed by atoms with Crippen LogP contribution in [0.4, 0.5) is 33.7 Å². The van der Waals surface area contributed by atoms with Gasteiger partial charge in [-0.05, 0) is 49.1 Å². The molecule has 0 bridgehead atoms. The Labute approximate surface area is 210 Å². The fourth-order valence-corrected chi connectivity index (χ4v) is 4.77. The summed E-state index contributed by atoms with van der Waals surface area (Å²) in [5, 5.41) is 14.2. The molecule has 2 atom stereocenters. The number of hydrogen-bond acceptors (Lipinski definition) is 4. The summed E-state index contributed by atoms with van der Waals surface area (Å²) in [6.45, 7) is 4.61. The molecular formula is C26H24F4N4O3. The molecule has 3 aromatic rings. The van der Waals surface area contributed by atoms with Gasteiger partial charge in [-0.25, -0.2) is 22.4 Å². The van der Waals surface area contributed by atoms with Crippen LogP contribution in [0.15, 0.2) is 42.7 Å². The van der Waals surface area contributed by atoms with Crippen molar-refractivity contribution in [2.45, 2.75) is 26.3 Å². The topological polar surface area (TPSA) is 94.6 Å². The molecule has 1 aliphatic heterocycles. The molecule has 1 aliphatic rings. The molecule has 1 aromatic heterocycles. The van der Waals surface area contributed by atoms with Crippen molar-refractivity contribution in [3.05, 3.63) is 77.1 Å². The van der Waals surface area contributed by atoms with Crippen LogP contribution in [0.3, 0.4) is 0 Å². The standard InChI is InChI=1S/C26H24F4N4O3/c1-13-8-15(32-26(36)37)12-34(11-13)24-14(2)9-31-10-20(24)33-25(35)16-6-7-19(29)22(23(16)30)21-17(27)4-3-5-18(21)28/h3-7,9-10,13,15,32H,8,11-12H2,1-2H3,(H,33,35)(H,36,37)/t13-,15+/m1/s1. The van der Waals surface area contributed by atoms with Crippen molar-refractivity contribution < 1.29 is 32.3 Å². The van der Waals surface area contributed by atoms with Crippen molar-refractivity contribution in [3.63, 3.8) is 0 Å². The van der Waals surface area contributed by atoms with Crippen LogP contribution in [0.5, 0.6) is 0 Å². The lowest BCUT2D eigenvalue weighted by Crippen LogP contribution is -2.50. The molecule has 2 amide bonds. The summed E-state index contributed by atoms with van der Waals surface area (Å²) in [5.41, 5.74) is -1.06. The highest BCUT2D eigenvalue weighted by Crippen LogP contribution is 2.35. The van der Waals surface area contributed by atoms with Crippen molar-refractivity contribution in [1.29, 1.82) is 0 Å². The second-order valence-corrected chi connectivity index (χ2v) is 9.08. The fraction of sp³-hybridized carbons (Fsp3) is 0.269. The minimum absolute atomic E-state index is 0.120. The predicted molar refractivity (Wildman–Crippen MR) is 130 cm³/mol. The first-order valence-corrected chi connectivity index (χ1v) is 11.5. The van der Waals surface area contributed by atoms with Crippen LogP contribution in [0.25, 0.3) is 11.1 Å². The number of carbonyl (C=O) groups excluding carboxylic acids is 1. The lowest BCUT2D eigenvalue weighted by atomic mass is 9.95. The number of aromatic nitrogens is 1. The maximum atomic E-state index is 15.4. The molecule has 0 unspecified atom stereocenters. The van der Waals surface area contributed by atoms with E-state index >= 15 is 4.39 Å². The second-order valence-electron chi connectivity index (χ2n) is 9.08. The fourth-order valence-electron chi connectivity index (χ4n) is 4.77. The number of hydrogen-bond donors (Lipinski definition) is 3. The third-order valence-corrected chi connectivity index (χ3v) is 6.20. The van der Waals surface area contributed by atoms with Crippen LogP contribution < -0.4 is 15.5 Å². The number of benzene rings is 2. The zero-order valence-corrected chi connectivity index (χ0v) is 20.0. The van der Waals surface area contributed by atoms with Gasteiger partial charge in [0.1, 0.15) is 23.3 Å². The Morgan fingerprint density at radius 1 is 1.00 bits per heavy atom. The maximum Gasteiger partial charge on any atom is 0.404 e. The molecule has 2 heterocycles. The van der Waals surface area contributed by atoms with Crippen LogP contribution in [-0.4, -0.2) is 41.2 Å². The molecule has 11 heteroatoms. The maximum absolute atomic E-state index is 15.4. The number of piperidine rings is 1. The predicted octanol–water partition coefficient (Wildman–Crippen LogP) is 5.35. The first kappa shape index (κ1) is 25.9. The van der Waals surface area contributed by atoms with Gasteiger partial charge in [0, 0.05) is 25.3 Å². The number of nitrogens with one attached hydrogen (secondary N) is 2. The third-order valence-electron chi connectivity index (χ3n) is 6.20. The highest BCUT2D eigenvalue weighted by atomic mass is 19.1. The Morgan fingerprint density at radius 2 is 1.68 bits per heavy atom. The van der Waals surface area contributed by atoms with Crippen LogP contribution in [0.2, 0.25) is 0 Å². The van der Waals surface area contributed by atoms with E-state index in [9.17, 15) is 22.8 Å². The van der Waals surface area contributed by atoms with Crippen molar-refractivity contribution in [1.82, 2.24) is 10.3 Å². The van der Waals surface area contributed by atoms with Gasteiger partial charge in [-0.15, -0.1) is 0 Å². The summed E-state index contributed by atoms with van der Waals surface area (Å²) in [5.74, 6) is -5.85. The number of carboxylic acid groups (broad SMARTS) is 1. The van der Waals surface area contributed by atoms with Crippen molar-refractivity contribution in [2.24, 2.45) is 5.92 Å². The Balaban J connectivity index is 1.69. The highest BCUT2D eigenvalue weighted by Gasteiger charge is 2.30. The second kappa shape index (κ2) is 10.5. The van der Waals surface area contributed by atoms with Crippen LogP contribution >= 0.6 is 0 Å². The normalized spacial score (nSPS) is 17.4. The lowest BCUT2D eigenvalue weighted by Gasteiger charge is -2.39. The van der Waals surface area contributed by atoms with E-state index in [2.05, 4.69) is 15.6 Å². The number of nitrogens with zero attached hydrogens (tertiary/aromatic N) is 2. The smallest absolute Gasteiger partial charge is 0.404 e. The molecule has 0 spiro atoms. The van der Waals surface area contributed by atoms with Gasteiger partial charge in [-0.1, -0.05) is 13.0 Å². The Bertz CT molecular complexity index is 1350. The van der Waals surface area contributed by atoms with Gasteiger partial charge in [0.05, 0.1) is 34.3 Å². The molecule has 0 saturated carbocycles. The van der Waals surface area contributed by atoms with Gasteiger partial charge in [0.2, 0.25) is 0 Å². The molecule has 2 aromatic carbocycles. The molecule has 37 heavy (non-hydrogen) atoms. The van der Waals surface area contributed by atoms with E-state index in [1.54, 1.807) is 13.1 Å². The van der Waals surface area contributed by atoms with E-state index in [-0.39, 0.29) is 17.6 Å². The van der Waals surface area contributed by atoms with E-state index in [1.807, 2.05) is 11.8 Å².